The van der Waals surface area contributed by atoms with Crippen LogP contribution in [0.3, 0.4) is 0 Å². The Balaban J connectivity index is 1.71. The molecule has 2 N–H and O–H groups in total. The van der Waals surface area contributed by atoms with E-state index in [-0.39, 0.29) is 12.4 Å². The summed E-state index contributed by atoms with van der Waals surface area (Å²) in [6.07, 6.45) is 1.37. The van der Waals surface area contributed by atoms with E-state index >= 15 is 0 Å². The smallest absolute Gasteiger partial charge is 0.267 e. The maximum atomic E-state index is 12.2. The number of rotatable bonds is 4. The van der Waals surface area contributed by atoms with E-state index in [4.69, 9.17) is 9.47 Å². The molecule has 1 aliphatic heterocycles. The average Bonchev–Trinajstić information content (AvgIpc) is 3.05. The number of ether oxygens (including phenoxy) is 2. The monoisotopic (exact) mass is 321 g/mol. The van der Waals surface area contributed by atoms with Crippen LogP contribution in [-0.2, 0) is 4.79 Å². The minimum Gasteiger partial charge on any atom is -0.454 e. The first kappa shape index (κ1) is 15.4. The molecule has 6 nitrogen and oxygen atoms in total. The number of nitrogens with one attached hydrogen (secondary N) is 2. The number of nitrogens with zero attached hydrogens (tertiary/aromatic N) is 1. The maximum absolute atomic E-state index is 12.2. The van der Waals surface area contributed by atoms with Crippen LogP contribution in [0, 0.1) is 18.3 Å². The Morgan fingerprint density at radius 2 is 2.00 bits per heavy atom. The molecule has 0 unspecified atom stereocenters. The van der Waals surface area contributed by atoms with Crippen LogP contribution in [0.5, 0.6) is 11.5 Å². The largest absolute Gasteiger partial charge is 0.454 e. The number of hydrogen-bond acceptors (Lipinski definition) is 5. The Hall–Kier alpha value is -3.46. The molecule has 2 aromatic rings. The Bertz CT molecular complexity index is 853. The number of amides is 1. The van der Waals surface area contributed by atoms with Crippen molar-refractivity contribution < 1.29 is 14.3 Å². The van der Waals surface area contributed by atoms with Gasteiger partial charge in [0, 0.05) is 23.6 Å². The van der Waals surface area contributed by atoms with E-state index in [1.165, 1.54) is 6.20 Å². The standard InChI is InChI=1S/C18H15N3O3/c1-12-4-2-3-5-15(12)21-18(22)13(9-19)10-20-14-6-7-16-17(8-14)24-11-23-16/h2-8,10,20H,11H2,1H3,(H,21,22)/b13-10-. The average molecular weight is 321 g/mol. The second-order valence-corrected chi connectivity index (χ2v) is 5.15. The van der Waals surface area contributed by atoms with E-state index in [1.54, 1.807) is 24.3 Å². The second kappa shape index (κ2) is 6.75. The lowest BCUT2D eigenvalue weighted by Gasteiger charge is -2.08. The molecule has 24 heavy (non-hydrogen) atoms. The SMILES string of the molecule is Cc1ccccc1NC(=O)/C(C#N)=C\Nc1ccc2c(c1)OCO2. The summed E-state index contributed by atoms with van der Waals surface area (Å²) in [5.74, 6) is 0.818. The molecule has 6 heteroatoms. The van der Waals surface area contributed by atoms with Crippen molar-refractivity contribution in [2.75, 3.05) is 17.4 Å². The molecule has 0 saturated carbocycles. The highest BCUT2D eigenvalue weighted by atomic mass is 16.7. The molecule has 1 heterocycles. The number of carbonyl (C=O) groups is 1. The molecule has 0 aromatic heterocycles. The molecular weight excluding hydrogens is 306 g/mol. The van der Waals surface area contributed by atoms with Gasteiger partial charge in [-0.15, -0.1) is 0 Å². The summed E-state index contributed by atoms with van der Waals surface area (Å²) in [6, 6.07) is 14.6. The molecule has 1 aliphatic rings. The predicted molar refractivity (Wildman–Crippen MR) is 89.7 cm³/mol. The second-order valence-electron chi connectivity index (χ2n) is 5.15. The van der Waals surface area contributed by atoms with Crippen LogP contribution in [0.2, 0.25) is 0 Å². The lowest BCUT2D eigenvalue weighted by Crippen LogP contribution is -2.15. The van der Waals surface area contributed by atoms with E-state index in [0.29, 0.717) is 22.9 Å². The lowest BCUT2D eigenvalue weighted by atomic mass is 10.2. The van der Waals surface area contributed by atoms with Crippen LogP contribution < -0.4 is 20.1 Å². The first-order valence-electron chi connectivity index (χ1n) is 7.31. The first-order valence-corrected chi connectivity index (χ1v) is 7.31. The Morgan fingerprint density at radius 3 is 2.79 bits per heavy atom. The third-order valence-electron chi connectivity index (χ3n) is 3.51. The number of aryl methyl sites for hydroxylation is 1. The quantitative estimate of drug-likeness (QED) is 0.667. The van der Waals surface area contributed by atoms with Crippen molar-refractivity contribution in [3.8, 4) is 17.6 Å². The number of anilines is 2. The normalized spacial score (nSPS) is 12.4. The number of hydrogen-bond donors (Lipinski definition) is 2. The Kier molecular flexibility index (Phi) is 4.34. The van der Waals surface area contributed by atoms with E-state index in [9.17, 15) is 10.1 Å². The fourth-order valence-electron chi connectivity index (χ4n) is 2.19. The minimum atomic E-state index is -0.472. The Labute approximate surface area is 139 Å². The van der Waals surface area contributed by atoms with Crippen molar-refractivity contribution in [3.05, 3.63) is 59.8 Å². The number of fused-ring (bicyclic) bond motifs is 1. The van der Waals surface area contributed by atoms with E-state index in [0.717, 1.165) is 5.56 Å². The highest BCUT2D eigenvalue weighted by Crippen LogP contribution is 2.34. The van der Waals surface area contributed by atoms with Gasteiger partial charge >= 0.3 is 0 Å². The zero-order chi connectivity index (χ0) is 16.9. The molecule has 0 aliphatic carbocycles. The molecule has 3 rings (SSSR count). The number of carbonyl (C=O) groups excluding carboxylic acids is 1. The van der Waals surface area contributed by atoms with Crippen LogP contribution in [0.4, 0.5) is 11.4 Å². The topological polar surface area (TPSA) is 83.4 Å². The van der Waals surface area contributed by atoms with Gasteiger partial charge in [0.1, 0.15) is 11.6 Å². The van der Waals surface area contributed by atoms with Crippen LogP contribution in [0.1, 0.15) is 5.56 Å². The number of benzene rings is 2. The molecule has 0 fully saturated rings. The molecule has 0 spiro atoms. The fourth-order valence-corrected chi connectivity index (χ4v) is 2.19. The van der Waals surface area contributed by atoms with Gasteiger partial charge in [-0.05, 0) is 30.7 Å². The molecule has 0 radical (unpaired) electrons. The summed E-state index contributed by atoms with van der Waals surface area (Å²) in [4.78, 5) is 12.2. The zero-order valence-corrected chi connectivity index (χ0v) is 13.0. The summed E-state index contributed by atoms with van der Waals surface area (Å²) in [5.41, 5.74) is 2.25. The van der Waals surface area contributed by atoms with Gasteiger partial charge in [0.05, 0.1) is 0 Å². The van der Waals surface area contributed by atoms with Gasteiger partial charge in [-0.2, -0.15) is 5.26 Å². The van der Waals surface area contributed by atoms with Gasteiger partial charge in [0.2, 0.25) is 6.79 Å². The van der Waals surface area contributed by atoms with Crippen LogP contribution in [0.25, 0.3) is 0 Å². The van der Waals surface area contributed by atoms with Gasteiger partial charge in [-0.1, -0.05) is 18.2 Å². The molecular formula is C18H15N3O3. The van der Waals surface area contributed by atoms with Crippen LogP contribution in [0.15, 0.2) is 54.2 Å². The van der Waals surface area contributed by atoms with E-state index in [2.05, 4.69) is 10.6 Å². The molecule has 120 valence electrons. The third-order valence-corrected chi connectivity index (χ3v) is 3.51. The summed E-state index contributed by atoms with van der Waals surface area (Å²) in [6.45, 7) is 2.08. The van der Waals surface area contributed by atoms with Gasteiger partial charge in [-0.3, -0.25) is 4.79 Å². The summed E-state index contributed by atoms with van der Waals surface area (Å²) in [5, 5.41) is 14.9. The van der Waals surface area contributed by atoms with Crippen molar-refractivity contribution >= 4 is 17.3 Å². The van der Waals surface area contributed by atoms with Gasteiger partial charge < -0.3 is 20.1 Å². The Morgan fingerprint density at radius 1 is 1.21 bits per heavy atom. The van der Waals surface area contributed by atoms with Gasteiger partial charge in [0.25, 0.3) is 5.91 Å². The third kappa shape index (κ3) is 3.31. The van der Waals surface area contributed by atoms with Crippen molar-refractivity contribution in [1.29, 1.82) is 5.26 Å². The molecule has 0 saturated heterocycles. The van der Waals surface area contributed by atoms with Crippen molar-refractivity contribution in [2.45, 2.75) is 6.92 Å². The molecule has 0 bridgehead atoms. The summed E-state index contributed by atoms with van der Waals surface area (Å²) in [7, 11) is 0. The number of nitriles is 1. The molecule has 0 atom stereocenters. The predicted octanol–water partition coefficient (Wildman–Crippen LogP) is 3.18. The van der Waals surface area contributed by atoms with E-state index in [1.807, 2.05) is 31.2 Å². The first-order chi connectivity index (χ1) is 11.7. The fraction of sp³-hybridized carbons (Fsp3) is 0.111. The maximum Gasteiger partial charge on any atom is 0.267 e. The van der Waals surface area contributed by atoms with Crippen molar-refractivity contribution in [1.82, 2.24) is 0 Å². The molecule has 1 amide bonds. The minimum absolute atomic E-state index is 0.0316. The highest BCUT2D eigenvalue weighted by molar-refractivity contribution is 6.07. The molecule has 2 aromatic carbocycles. The van der Waals surface area contributed by atoms with Crippen molar-refractivity contribution in [3.63, 3.8) is 0 Å². The lowest BCUT2D eigenvalue weighted by molar-refractivity contribution is -0.112. The summed E-state index contributed by atoms with van der Waals surface area (Å²) < 4.78 is 10.5. The zero-order valence-electron chi connectivity index (χ0n) is 13.0. The van der Waals surface area contributed by atoms with E-state index < -0.39 is 5.91 Å². The highest BCUT2D eigenvalue weighted by Gasteiger charge is 2.14. The summed E-state index contributed by atoms with van der Waals surface area (Å²) >= 11 is 0. The van der Waals surface area contributed by atoms with Gasteiger partial charge in [-0.25, -0.2) is 0 Å². The van der Waals surface area contributed by atoms with Crippen molar-refractivity contribution in [2.24, 2.45) is 0 Å². The number of para-hydroxylation sites is 1. The van der Waals surface area contributed by atoms with Gasteiger partial charge in [0.15, 0.2) is 11.5 Å². The van der Waals surface area contributed by atoms with Crippen LogP contribution >= 0.6 is 0 Å². The van der Waals surface area contributed by atoms with Crippen LogP contribution in [-0.4, -0.2) is 12.7 Å².